The highest BCUT2D eigenvalue weighted by molar-refractivity contribution is 9.11. The molecular formula is C20H16Br2N2O4S. The number of carbonyl (C=O) groups excluding carboxylic acids is 2. The van der Waals surface area contributed by atoms with Crippen LogP contribution in [-0.4, -0.2) is 40.7 Å². The predicted octanol–water partition coefficient (Wildman–Crippen LogP) is 5.33. The van der Waals surface area contributed by atoms with E-state index >= 15 is 0 Å². The number of amidine groups is 1. The zero-order valence-electron chi connectivity index (χ0n) is 15.5. The number of nitrogens with zero attached hydrogens (tertiary/aromatic N) is 2. The van der Waals surface area contributed by atoms with Gasteiger partial charge in [0.1, 0.15) is 5.75 Å². The first-order chi connectivity index (χ1) is 13.8. The molecule has 2 aromatic carbocycles. The zero-order valence-corrected chi connectivity index (χ0v) is 19.5. The van der Waals surface area contributed by atoms with Crippen molar-refractivity contribution in [2.24, 2.45) is 4.99 Å². The Morgan fingerprint density at radius 3 is 2.41 bits per heavy atom. The fourth-order valence-electron chi connectivity index (χ4n) is 2.59. The maximum absolute atomic E-state index is 12.8. The first-order valence-electron chi connectivity index (χ1n) is 8.50. The number of thioether (sulfide) groups is 1. The van der Waals surface area contributed by atoms with E-state index < -0.39 is 5.97 Å². The molecule has 0 saturated carbocycles. The molecule has 0 aliphatic carbocycles. The second-order valence-electron chi connectivity index (χ2n) is 5.93. The van der Waals surface area contributed by atoms with Crippen LogP contribution in [0.25, 0.3) is 6.08 Å². The molecular weight excluding hydrogens is 524 g/mol. The molecule has 0 unspecified atom stereocenters. The Kier molecular flexibility index (Phi) is 6.81. The summed E-state index contributed by atoms with van der Waals surface area (Å²) in [7, 11) is 1.33. The molecule has 1 heterocycles. The molecule has 1 aliphatic rings. The second-order valence-corrected chi connectivity index (χ2v) is 8.64. The SMILES string of the molecule is CCN1C(=O)/C(=C\c2cc(Br)c(O)c(Br)c2)SC1=Nc1ccc(C(=O)OC)cc1. The summed E-state index contributed by atoms with van der Waals surface area (Å²) in [6.07, 6.45) is 1.76. The van der Waals surface area contributed by atoms with Crippen molar-refractivity contribution in [3.05, 3.63) is 61.4 Å². The summed E-state index contributed by atoms with van der Waals surface area (Å²) in [5.41, 5.74) is 1.82. The Morgan fingerprint density at radius 1 is 1.24 bits per heavy atom. The first-order valence-corrected chi connectivity index (χ1v) is 10.9. The van der Waals surface area contributed by atoms with Gasteiger partial charge in [-0.2, -0.15) is 0 Å². The number of hydrogen-bond donors (Lipinski definition) is 1. The normalized spacial score (nSPS) is 16.7. The molecule has 1 saturated heterocycles. The van der Waals surface area contributed by atoms with Crippen molar-refractivity contribution in [3.8, 4) is 5.75 Å². The van der Waals surface area contributed by atoms with Gasteiger partial charge in [-0.1, -0.05) is 0 Å². The van der Waals surface area contributed by atoms with Crippen molar-refractivity contribution in [1.82, 2.24) is 4.90 Å². The van der Waals surface area contributed by atoms with Crippen LogP contribution in [-0.2, 0) is 9.53 Å². The Labute approximate surface area is 188 Å². The lowest BCUT2D eigenvalue weighted by Gasteiger charge is -2.12. The maximum Gasteiger partial charge on any atom is 0.337 e. The smallest absolute Gasteiger partial charge is 0.337 e. The number of ether oxygens (including phenoxy) is 1. The summed E-state index contributed by atoms with van der Waals surface area (Å²) in [6.45, 7) is 2.36. The molecule has 1 N–H and O–H groups in total. The van der Waals surface area contributed by atoms with E-state index in [9.17, 15) is 14.7 Å². The minimum atomic E-state index is -0.416. The Morgan fingerprint density at radius 2 is 1.86 bits per heavy atom. The molecule has 0 bridgehead atoms. The molecule has 1 fully saturated rings. The van der Waals surface area contributed by atoms with E-state index in [2.05, 4.69) is 36.9 Å². The largest absolute Gasteiger partial charge is 0.506 e. The quantitative estimate of drug-likeness (QED) is 0.419. The van der Waals surface area contributed by atoms with Gasteiger partial charge in [0.2, 0.25) is 0 Å². The van der Waals surface area contributed by atoms with Crippen LogP contribution in [0.1, 0.15) is 22.8 Å². The monoisotopic (exact) mass is 538 g/mol. The molecule has 150 valence electrons. The van der Waals surface area contributed by atoms with Gasteiger partial charge < -0.3 is 9.84 Å². The number of phenols is 1. The van der Waals surface area contributed by atoms with Gasteiger partial charge in [0, 0.05) is 6.54 Å². The molecule has 9 heteroatoms. The number of likely N-dealkylation sites (N-methyl/N-ethyl adjacent to an activating group) is 1. The van der Waals surface area contributed by atoms with E-state index in [0.29, 0.717) is 36.8 Å². The molecule has 3 rings (SSSR count). The van der Waals surface area contributed by atoms with Crippen LogP contribution in [0.2, 0.25) is 0 Å². The minimum absolute atomic E-state index is 0.102. The number of benzene rings is 2. The highest BCUT2D eigenvalue weighted by Gasteiger charge is 2.32. The van der Waals surface area contributed by atoms with Crippen LogP contribution in [0, 0.1) is 0 Å². The minimum Gasteiger partial charge on any atom is -0.506 e. The summed E-state index contributed by atoms with van der Waals surface area (Å²) >= 11 is 7.87. The van der Waals surface area contributed by atoms with Gasteiger partial charge in [-0.05, 0) is 98.6 Å². The van der Waals surface area contributed by atoms with Gasteiger partial charge in [-0.15, -0.1) is 0 Å². The number of rotatable bonds is 4. The summed E-state index contributed by atoms with van der Waals surface area (Å²) in [4.78, 5) is 31.0. The molecule has 2 aromatic rings. The van der Waals surface area contributed by atoms with Gasteiger partial charge >= 0.3 is 5.97 Å². The number of esters is 1. The van der Waals surface area contributed by atoms with Crippen LogP contribution < -0.4 is 0 Å². The zero-order chi connectivity index (χ0) is 21.1. The molecule has 0 radical (unpaired) electrons. The molecule has 0 spiro atoms. The standard InChI is InChI=1S/C20H16Br2N2O4S/c1-3-24-18(26)16(10-11-8-14(21)17(25)15(22)9-11)29-20(24)23-13-6-4-12(5-7-13)19(27)28-2/h4-10,25H,3H2,1-2H3/b16-10+,23-20?. The third kappa shape index (κ3) is 4.73. The van der Waals surface area contributed by atoms with E-state index in [1.54, 1.807) is 47.4 Å². The Balaban J connectivity index is 1.91. The number of aromatic hydroxyl groups is 1. The van der Waals surface area contributed by atoms with Crippen molar-refractivity contribution in [2.45, 2.75) is 6.92 Å². The van der Waals surface area contributed by atoms with E-state index in [0.717, 1.165) is 5.56 Å². The lowest BCUT2D eigenvalue weighted by molar-refractivity contribution is -0.122. The molecule has 0 aromatic heterocycles. The van der Waals surface area contributed by atoms with Crippen molar-refractivity contribution < 1.29 is 19.4 Å². The predicted molar refractivity (Wildman–Crippen MR) is 121 cm³/mol. The molecule has 0 atom stereocenters. The summed E-state index contributed by atoms with van der Waals surface area (Å²) < 4.78 is 5.75. The number of carbonyl (C=O) groups is 2. The molecule has 29 heavy (non-hydrogen) atoms. The van der Waals surface area contributed by atoms with E-state index in [1.807, 2.05) is 6.92 Å². The van der Waals surface area contributed by atoms with Crippen LogP contribution in [0.4, 0.5) is 5.69 Å². The van der Waals surface area contributed by atoms with Crippen molar-refractivity contribution in [1.29, 1.82) is 0 Å². The lowest BCUT2D eigenvalue weighted by atomic mass is 10.2. The summed E-state index contributed by atoms with van der Waals surface area (Å²) in [5.74, 6) is -0.450. The van der Waals surface area contributed by atoms with Gasteiger partial charge in [0.15, 0.2) is 5.17 Å². The number of hydrogen-bond acceptors (Lipinski definition) is 6. The van der Waals surface area contributed by atoms with Crippen molar-refractivity contribution in [3.63, 3.8) is 0 Å². The van der Waals surface area contributed by atoms with Gasteiger partial charge in [-0.25, -0.2) is 9.79 Å². The van der Waals surface area contributed by atoms with Crippen molar-refractivity contribution in [2.75, 3.05) is 13.7 Å². The van der Waals surface area contributed by atoms with E-state index in [1.165, 1.54) is 18.9 Å². The number of aliphatic imine (C=N–C) groups is 1. The highest BCUT2D eigenvalue weighted by Crippen LogP contribution is 2.37. The number of methoxy groups -OCH3 is 1. The fourth-order valence-corrected chi connectivity index (χ4v) is 4.87. The third-order valence-electron chi connectivity index (χ3n) is 4.05. The summed E-state index contributed by atoms with van der Waals surface area (Å²) in [6, 6.07) is 10.1. The highest BCUT2D eigenvalue weighted by atomic mass is 79.9. The molecule has 1 aliphatic heterocycles. The van der Waals surface area contributed by atoms with Crippen LogP contribution >= 0.6 is 43.6 Å². The average molecular weight is 540 g/mol. The first kappa shape index (κ1) is 21.6. The Bertz CT molecular complexity index is 1010. The summed E-state index contributed by atoms with van der Waals surface area (Å²) in [5, 5.41) is 10.4. The number of amides is 1. The van der Waals surface area contributed by atoms with E-state index in [-0.39, 0.29) is 11.7 Å². The molecule has 6 nitrogen and oxygen atoms in total. The molecule has 1 amide bonds. The number of phenolic OH excluding ortho intramolecular Hbond substituents is 1. The fraction of sp³-hybridized carbons (Fsp3) is 0.150. The van der Waals surface area contributed by atoms with Crippen LogP contribution in [0.3, 0.4) is 0 Å². The van der Waals surface area contributed by atoms with Gasteiger partial charge in [0.05, 0.1) is 32.2 Å². The van der Waals surface area contributed by atoms with Gasteiger partial charge in [-0.3, -0.25) is 9.69 Å². The maximum atomic E-state index is 12.8. The average Bonchev–Trinajstić information content (AvgIpc) is 3.00. The van der Waals surface area contributed by atoms with Crippen LogP contribution in [0.5, 0.6) is 5.75 Å². The van der Waals surface area contributed by atoms with E-state index in [4.69, 9.17) is 4.74 Å². The topological polar surface area (TPSA) is 79.2 Å². The lowest BCUT2D eigenvalue weighted by Crippen LogP contribution is -2.28. The Hall–Kier alpha value is -2.10. The second kappa shape index (κ2) is 9.15. The van der Waals surface area contributed by atoms with Crippen molar-refractivity contribution >= 4 is 72.4 Å². The van der Waals surface area contributed by atoms with Gasteiger partial charge in [0.25, 0.3) is 5.91 Å². The third-order valence-corrected chi connectivity index (χ3v) is 6.27. The number of halogens is 2. The van der Waals surface area contributed by atoms with Crippen LogP contribution in [0.15, 0.2) is 55.2 Å².